The molecular weight excluding hydrogens is 470 g/mol. The molecule has 2 aliphatic rings. The third-order valence-corrected chi connectivity index (χ3v) is 6.05. The summed E-state index contributed by atoms with van der Waals surface area (Å²) in [5.41, 5.74) is 0.514. The van der Waals surface area contributed by atoms with Gasteiger partial charge in [-0.15, -0.1) is 0 Å². The fourth-order valence-electron chi connectivity index (χ4n) is 4.49. The summed E-state index contributed by atoms with van der Waals surface area (Å²) in [5, 5.41) is 9.05. The Hall–Kier alpha value is -3.82. The second-order valence-corrected chi connectivity index (χ2v) is 8.36. The standard InChI is InChI=1S/C25H19F4NO5/c26-18-4-6-19(34-15-7-8-30-22(11-15)25(27,28)29)17-3-5-20(24(17)18)35-14-1-2-16-13(9-23(31)32)12-33-21(16)10-14/h1-2,4,6-8,10-11,13,20H,3,5,9,12H2,(H,31,32). The molecule has 0 spiro atoms. The molecule has 1 N–H and O–H groups in total. The van der Waals surface area contributed by atoms with Gasteiger partial charge in [-0.2, -0.15) is 13.2 Å². The minimum atomic E-state index is -4.61. The van der Waals surface area contributed by atoms with Crippen LogP contribution in [-0.4, -0.2) is 22.7 Å². The zero-order valence-corrected chi connectivity index (χ0v) is 18.1. The largest absolute Gasteiger partial charge is 0.492 e. The first-order valence-corrected chi connectivity index (χ1v) is 10.9. The summed E-state index contributed by atoms with van der Waals surface area (Å²) in [5.74, 6) is -0.497. The van der Waals surface area contributed by atoms with Gasteiger partial charge in [0.05, 0.1) is 13.0 Å². The molecule has 0 saturated carbocycles. The van der Waals surface area contributed by atoms with Crippen molar-refractivity contribution < 1.29 is 41.7 Å². The smallest absolute Gasteiger partial charge is 0.433 e. The molecule has 0 bridgehead atoms. The number of pyridine rings is 1. The van der Waals surface area contributed by atoms with E-state index in [-0.39, 0.29) is 36.0 Å². The molecule has 1 aliphatic carbocycles. The molecule has 6 nitrogen and oxygen atoms in total. The number of benzene rings is 2. The van der Waals surface area contributed by atoms with Gasteiger partial charge in [0.25, 0.3) is 0 Å². The fraction of sp³-hybridized carbons (Fsp3) is 0.280. The number of halogens is 4. The number of nitrogens with zero attached hydrogens (tertiary/aromatic N) is 1. The van der Waals surface area contributed by atoms with E-state index in [1.165, 1.54) is 18.2 Å². The summed E-state index contributed by atoms with van der Waals surface area (Å²) in [4.78, 5) is 14.4. The van der Waals surface area contributed by atoms with Crippen LogP contribution in [0.15, 0.2) is 48.7 Å². The molecule has 182 valence electrons. The monoisotopic (exact) mass is 489 g/mol. The van der Waals surface area contributed by atoms with Gasteiger partial charge in [0.1, 0.15) is 40.6 Å². The third-order valence-electron chi connectivity index (χ3n) is 6.05. The van der Waals surface area contributed by atoms with Crippen molar-refractivity contribution in [2.24, 2.45) is 0 Å². The lowest BCUT2D eigenvalue weighted by Crippen LogP contribution is -2.08. The second-order valence-electron chi connectivity index (χ2n) is 8.36. The number of hydrogen-bond donors (Lipinski definition) is 1. The predicted octanol–water partition coefficient (Wildman–Crippen LogP) is 6.05. The number of carboxylic acids is 1. The summed E-state index contributed by atoms with van der Waals surface area (Å²) in [6, 6.07) is 9.77. The topological polar surface area (TPSA) is 77.9 Å². The summed E-state index contributed by atoms with van der Waals surface area (Å²) in [7, 11) is 0. The number of alkyl halides is 3. The zero-order valence-electron chi connectivity index (χ0n) is 18.1. The third kappa shape index (κ3) is 4.60. The normalized spacial score (nSPS) is 18.5. The van der Waals surface area contributed by atoms with Crippen molar-refractivity contribution in [3.05, 3.63) is 76.9 Å². The number of ether oxygens (including phenoxy) is 3. The van der Waals surface area contributed by atoms with Crippen LogP contribution >= 0.6 is 0 Å². The molecule has 2 unspecified atom stereocenters. The van der Waals surface area contributed by atoms with Crippen LogP contribution in [0, 0.1) is 5.82 Å². The Kier molecular flexibility index (Phi) is 5.74. The highest BCUT2D eigenvalue weighted by atomic mass is 19.4. The molecule has 0 radical (unpaired) electrons. The van der Waals surface area contributed by atoms with E-state index in [0.717, 1.165) is 17.8 Å². The van der Waals surface area contributed by atoms with Crippen LogP contribution in [0.2, 0.25) is 0 Å². The van der Waals surface area contributed by atoms with Gasteiger partial charge in [0.2, 0.25) is 0 Å². The van der Waals surface area contributed by atoms with Gasteiger partial charge in [0, 0.05) is 40.9 Å². The fourth-order valence-corrected chi connectivity index (χ4v) is 4.49. The van der Waals surface area contributed by atoms with Crippen molar-refractivity contribution in [3.8, 4) is 23.0 Å². The van der Waals surface area contributed by atoms with E-state index in [0.29, 0.717) is 29.9 Å². The van der Waals surface area contributed by atoms with E-state index >= 15 is 0 Å². The van der Waals surface area contributed by atoms with Gasteiger partial charge < -0.3 is 19.3 Å². The van der Waals surface area contributed by atoms with E-state index in [1.807, 2.05) is 0 Å². The molecular formula is C25H19F4NO5. The average Bonchev–Trinajstić information content (AvgIpc) is 3.40. The number of fused-ring (bicyclic) bond motifs is 2. The molecule has 0 amide bonds. The van der Waals surface area contributed by atoms with E-state index < -0.39 is 29.8 Å². The van der Waals surface area contributed by atoms with Gasteiger partial charge in [-0.05, 0) is 37.1 Å². The van der Waals surface area contributed by atoms with Crippen LogP contribution in [0.5, 0.6) is 23.0 Å². The van der Waals surface area contributed by atoms with E-state index in [1.54, 1.807) is 18.2 Å². The summed E-state index contributed by atoms with van der Waals surface area (Å²) in [6.07, 6.45) is -3.44. The molecule has 2 atom stereocenters. The Labute approximate surface area is 197 Å². The van der Waals surface area contributed by atoms with Crippen LogP contribution in [0.3, 0.4) is 0 Å². The lowest BCUT2D eigenvalue weighted by atomic mass is 9.98. The Morgan fingerprint density at radius 3 is 2.74 bits per heavy atom. The molecule has 0 fully saturated rings. The zero-order chi connectivity index (χ0) is 24.7. The molecule has 1 aliphatic heterocycles. The highest BCUT2D eigenvalue weighted by molar-refractivity contribution is 5.68. The van der Waals surface area contributed by atoms with Crippen molar-refractivity contribution in [3.63, 3.8) is 0 Å². The molecule has 3 aromatic rings. The first-order valence-electron chi connectivity index (χ1n) is 10.9. The van der Waals surface area contributed by atoms with Gasteiger partial charge in [-0.1, -0.05) is 6.07 Å². The molecule has 0 saturated heterocycles. The Morgan fingerprint density at radius 2 is 1.97 bits per heavy atom. The average molecular weight is 489 g/mol. The summed E-state index contributed by atoms with van der Waals surface area (Å²) >= 11 is 0. The van der Waals surface area contributed by atoms with Gasteiger partial charge in [-0.25, -0.2) is 4.39 Å². The van der Waals surface area contributed by atoms with E-state index in [9.17, 15) is 22.4 Å². The molecule has 5 rings (SSSR count). The maximum atomic E-state index is 14.8. The Bertz CT molecular complexity index is 1290. The van der Waals surface area contributed by atoms with Crippen LogP contribution < -0.4 is 14.2 Å². The van der Waals surface area contributed by atoms with Crippen molar-refractivity contribution >= 4 is 5.97 Å². The number of carbonyl (C=O) groups is 1. The van der Waals surface area contributed by atoms with Gasteiger partial charge >= 0.3 is 12.1 Å². The first-order chi connectivity index (χ1) is 16.7. The summed E-state index contributed by atoms with van der Waals surface area (Å²) < 4.78 is 71.1. The highest BCUT2D eigenvalue weighted by Crippen LogP contribution is 2.44. The van der Waals surface area contributed by atoms with Crippen LogP contribution in [-0.2, 0) is 17.4 Å². The maximum Gasteiger partial charge on any atom is 0.433 e. The van der Waals surface area contributed by atoms with E-state index in [4.69, 9.17) is 19.3 Å². The number of aliphatic carboxylic acids is 1. The van der Waals surface area contributed by atoms with Crippen LogP contribution in [0.25, 0.3) is 0 Å². The van der Waals surface area contributed by atoms with Gasteiger partial charge in [0.15, 0.2) is 0 Å². The lowest BCUT2D eigenvalue weighted by Gasteiger charge is -2.17. The molecule has 2 heterocycles. The van der Waals surface area contributed by atoms with Crippen LogP contribution in [0.1, 0.15) is 47.2 Å². The number of rotatable bonds is 6. The van der Waals surface area contributed by atoms with Crippen molar-refractivity contribution in [2.75, 3.05) is 6.61 Å². The van der Waals surface area contributed by atoms with Crippen molar-refractivity contribution in [1.82, 2.24) is 4.98 Å². The summed E-state index contributed by atoms with van der Waals surface area (Å²) in [6.45, 7) is 0.262. The number of aromatic nitrogens is 1. The molecule has 10 heteroatoms. The lowest BCUT2D eigenvalue weighted by molar-refractivity contribution is -0.141. The Balaban J connectivity index is 1.37. The minimum Gasteiger partial charge on any atom is -0.492 e. The SMILES string of the molecule is O=C(O)CC1COc2cc(OC3CCc4c(Oc5ccnc(C(F)(F)F)c5)ccc(F)c43)ccc21. The molecule has 35 heavy (non-hydrogen) atoms. The first kappa shape index (κ1) is 22.9. The second kappa shape index (κ2) is 8.75. The van der Waals surface area contributed by atoms with Crippen LogP contribution in [0.4, 0.5) is 17.6 Å². The highest BCUT2D eigenvalue weighted by Gasteiger charge is 2.34. The van der Waals surface area contributed by atoms with E-state index in [2.05, 4.69) is 4.98 Å². The van der Waals surface area contributed by atoms with Gasteiger partial charge in [-0.3, -0.25) is 9.78 Å². The quantitative estimate of drug-likeness (QED) is 0.425. The molecule has 2 aromatic carbocycles. The van der Waals surface area contributed by atoms with Crippen molar-refractivity contribution in [2.45, 2.75) is 37.5 Å². The molecule has 1 aromatic heterocycles. The maximum absolute atomic E-state index is 14.8. The minimum absolute atomic E-state index is 0.0425. The van der Waals surface area contributed by atoms with Crippen molar-refractivity contribution in [1.29, 1.82) is 0 Å². The number of carboxylic acid groups (broad SMARTS) is 1. The predicted molar refractivity (Wildman–Crippen MR) is 114 cm³/mol. The Morgan fingerprint density at radius 1 is 1.14 bits per heavy atom. The number of hydrogen-bond acceptors (Lipinski definition) is 5.